The molecule has 1 heterocycles. The van der Waals surface area contributed by atoms with Crippen LogP contribution >= 0.6 is 0 Å². The van der Waals surface area contributed by atoms with Gasteiger partial charge in [0.15, 0.2) is 5.03 Å². The summed E-state index contributed by atoms with van der Waals surface area (Å²) in [6.45, 7) is 4.02. The molecule has 0 amide bonds. The van der Waals surface area contributed by atoms with Crippen LogP contribution in [-0.2, 0) is 10.0 Å². The molecule has 0 aliphatic heterocycles. The van der Waals surface area contributed by atoms with E-state index >= 15 is 0 Å². The van der Waals surface area contributed by atoms with Crippen LogP contribution in [0.1, 0.15) is 12.5 Å². The largest absolute Gasteiger partial charge is 0.383 e. The molecule has 2 aromatic rings. The number of aromatic nitrogens is 1. The maximum atomic E-state index is 13.5. The van der Waals surface area contributed by atoms with Crippen LogP contribution in [0.5, 0.6) is 0 Å². The van der Waals surface area contributed by atoms with E-state index in [-0.39, 0.29) is 10.7 Å². The number of anilines is 2. The first kappa shape index (κ1) is 15.2. The fourth-order valence-electron chi connectivity index (χ4n) is 1.79. The maximum Gasteiger partial charge on any atom is 0.281 e. The molecule has 0 unspecified atom stereocenters. The van der Waals surface area contributed by atoms with Crippen LogP contribution in [0.4, 0.5) is 15.8 Å². The van der Waals surface area contributed by atoms with E-state index in [4.69, 9.17) is 0 Å². The maximum absolute atomic E-state index is 13.5. The number of hydrogen-bond donors (Lipinski definition) is 2. The van der Waals surface area contributed by atoms with Crippen molar-refractivity contribution in [3.05, 3.63) is 47.9 Å². The first-order chi connectivity index (χ1) is 9.94. The zero-order chi connectivity index (χ0) is 15.5. The van der Waals surface area contributed by atoms with E-state index in [1.54, 1.807) is 19.1 Å². The number of hydrogen-bond acceptors (Lipinski definition) is 4. The molecule has 112 valence electrons. The molecule has 1 aromatic carbocycles. The van der Waals surface area contributed by atoms with Crippen molar-refractivity contribution in [1.29, 1.82) is 0 Å². The molecule has 7 heteroatoms. The summed E-state index contributed by atoms with van der Waals surface area (Å²) in [4.78, 5) is 3.90. The van der Waals surface area contributed by atoms with E-state index in [1.807, 2.05) is 6.92 Å². The zero-order valence-corrected chi connectivity index (χ0v) is 12.5. The quantitative estimate of drug-likeness (QED) is 0.891. The topological polar surface area (TPSA) is 71.1 Å². The molecule has 0 fully saturated rings. The Hall–Kier alpha value is -2.15. The van der Waals surface area contributed by atoms with Crippen LogP contribution in [0.15, 0.2) is 41.6 Å². The SMILES string of the molecule is CCNc1cccnc1S(=O)(=O)Nc1ccc(C)c(F)c1. The van der Waals surface area contributed by atoms with Gasteiger partial charge in [0.1, 0.15) is 5.82 Å². The van der Waals surface area contributed by atoms with Crippen LogP contribution < -0.4 is 10.0 Å². The minimum Gasteiger partial charge on any atom is -0.383 e. The molecular formula is C14H16FN3O2S. The Kier molecular flexibility index (Phi) is 4.42. The summed E-state index contributed by atoms with van der Waals surface area (Å²) in [5, 5.41) is 2.82. The van der Waals surface area contributed by atoms with Gasteiger partial charge in [-0.1, -0.05) is 6.07 Å². The van der Waals surface area contributed by atoms with Gasteiger partial charge in [-0.15, -0.1) is 0 Å². The summed E-state index contributed by atoms with van der Waals surface area (Å²) in [6.07, 6.45) is 1.39. The zero-order valence-electron chi connectivity index (χ0n) is 11.7. The van der Waals surface area contributed by atoms with Gasteiger partial charge in [-0.3, -0.25) is 4.72 Å². The van der Waals surface area contributed by atoms with Crippen LogP contribution in [0.3, 0.4) is 0 Å². The van der Waals surface area contributed by atoms with Crippen LogP contribution in [0.2, 0.25) is 0 Å². The lowest BCUT2D eigenvalue weighted by atomic mass is 10.2. The van der Waals surface area contributed by atoms with Gasteiger partial charge in [-0.2, -0.15) is 8.42 Å². The van der Waals surface area contributed by atoms with Gasteiger partial charge in [0, 0.05) is 12.7 Å². The van der Waals surface area contributed by atoms with Crippen LogP contribution in [0, 0.1) is 12.7 Å². The third-order valence-electron chi connectivity index (χ3n) is 2.82. The fraction of sp³-hybridized carbons (Fsp3) is 0.214. The molecule has 0 spiro atoms. The molecule has 0 saturated heterocycles. The first-order valence-electron chi connectivity index (χ1n) is 6.42. The fourth-order valence-corrected chi connectivity index (χ4v) is 2.95. The minimum atomic E-state index is -3.89. The van der Waals surface area contributed by atoms with Crippen LogP contribution in [0.25, 0.3) is 0 Å². The second kappa shape index (κ2) is 6.09. The van der Waals surface area contributed by atoms with Crippen molar-refractivity contribution in [3.63, 3.8) is 0 Å². The average Bonchev–Trinajstić information content (AvgIpc) is 2.43. The van der Waals surface area contributed by atoms with Gasteiger partial charge in [0.05, 0.1) is 11.4 Å². The number of rotatable bonds is 5. The van der Waals surface area contributed by atoms with Gasteiger partial charge >= 0.3 is 0 Å². The van der Waals surface area contributed by atoms with E-state index in [1.165, 1.54) is 18.3 Å². The van der Waals surface area contributed by atoms with Gasteiger partial charge in [-0.25, -0.2) is 9.37 Å². The number of aryl methyl sites for hydroxylation is 1. The van der Waals surface area contributed by atoms with Gasteiger partial charge < -0.3 is 5.32 Å². The Morgan fingerprint density at radius 2 is 2.05 bits per heavy atom. The lowest BCUT2D eigenvalue weighted by Crippen LogP contribution is -2.17. The summed E-state index contributed by atoms with van der Waals surface area (Å²) in [5.74, 6) is -0.469. The first-order valence-corrected chi connectivity index (χ1v) is 7.90. The highest BCUT2D eigenvalue weighted by Gasteiger charge is 2.20. The van der Waals surface area contributed by atoms with E-state index < -0.39 is 15.8 Å². The van der Waals surface area contributed by atoms with Gasteiger partial charge in [-0.05, 0) is 43.7 Å². The Morgan fingerprint density at radius 1 is 1.29 bits per heavy atom. The van der Waals surface area contributed by atoms with Crippen molar-refractivity contribution in [2.45, 2.75) is 18.9 Å². The van der Waals surface area contributed by atoms with Crippen molar-refractivity contribution in [2.24, 2.45) is 0 Å². The summed E-state index contributed by atoms with van der Waals surface area (Å²) in [7, 11) is -3.89. The van der Waals surface area contributed by atoms with Crippen molar-refractivity contribution >= 4 is 21.4 Å². The third-order valence-corrected chi connectivity index (χ3v) is 4.16. The second-order valence-corrected chi connectivity index (χ2v) is 6.05. The Labute approximate surface area is 123 Å². The molecule has 0 atom stereocenters. The molecule has 2 rings (SSSR count). The smallest absolute Gasteiger partial charge is 0.281 e. The van der Waals surface area contributed by atoms with Crippen molar-refractivity contribution in [1.82, 2.24) is 4.98 Å². The minimum absolute atomic E-state index is 0.118. The van der Waals surface area contributed by atoms with E-state index in [9.17, 15) is 12.8 Å². The lowest BCUT2D eigenvalue weighted by molar-refractivity contribution is 0.597. The van der Waals surface area contributed by atoms with Gasteiger partial charge in [0.25, 0.3) is 10.0 Å². The molecular weight excluding hydrogens is 293 g/mol. The van der Waals surface area contributed by atoms with Crippen molar-refractivity contribution in [2.75, 3.05) is 16.6 Å². The molecule has 0 aliphatic rings. The number of sulfonamides is 1. The lowest BCUT2D eigenvalue weighted by Gasteiger charge is -2.12. The molecule has 0 bridgehead atoms. The Morgan fingerprint density at radius 3 is 2.71 bits per heavy atom. The van der Waals surface area contributed by atoms with E-state index in [2.05, 4.69) is 15.0 Å². The van der Waals surface area contributed by atoms with Crippen molar-refractivity contribution in [3.8, 4) is 0 Å². The van der Waals surface area contributed by atoms with Crippen molar-refractivity contribution < 1.29 is 12.8 Å². The number of halogens is 1. The standard InChI is InChI=1S/C14H16FN3O2S/c1-3-16-13-5-4-8-17-14(13)21(19,20)18-11-7-6-10(2)12(15)9-11/h4-9,16,18H,3H2,1-2H3. The highest BCUT2D eigenvalue weighted by atomic mass is 32.2. The molecule has 1 aromatic heterocycles. The summed E-state index contributed by atoms with van der Waals surface area (Å²) >= 11 is 0. The van der Waals surface area contributed by atoms with Gasteiger partial charge in [0.2, 0.25) is 0 Å². The highest BCUT2D eigenvalue weighted by molar-refractivity contribution is 7.92. The average molecular weight is 309 g/mol. The number of nitrogens with zero attached hydrogens (tertiary/aromatic N) is 1. The predicted molar refractivity (Wildman–Crippen MR) is 80.3 cm³/mol. The molecule has 21 heavy (non-hydrogen) atoms. The molecule has 0 radical (unpaired) electrons. The van der Waals surface area contributed by atoms with Crippen LogP contribution in [-0.4, -0.2) is 19.9 Å². The molecule has 0 saturated carbocycles. The monoisotopic (exact) mass is 309 g/mol. The number of nitrogens with one attached hydrogen (secondary N) is 2. The number of benzene rings is 1. The summed E-state index contributed by atoms with van der Waals surface area (Å²) in [5.41, 5.74) is 1.01. The molecule has 5 nitrogen and oxygen atoms in total. The predicted octanol–water partition coefficient (Wildman–Crippen LogP) is 2.76. The second-order valence-electron chi connectivity index (χ2n) is 4.46. The summed E-state index contributed by atoms with van der Waals surface area (Å²) < 4.78 is 40.5. The number of pyridine rings is 1. The van der Waals surface area contributed by atoms with E-state index in [0.29, 0.717) is 17.8 Å². The summed E-state index contributed by atoms with van der Waals surface area (Å²) in [6, 6.07) is 7.43. The Balaban J connectivity index is 2.36. The third kappa shape index (κ3) is 3.49. The Bertz CT molecular complexity index is 748. The highest BCUT2D eigenvalue weighted by Crippen LogP contribution is 2.22. The molecule has 0 aliphatic carbocycles. The van der Waals surface area contributed by atoms with E-state index in [0.717, 1.165) is 6.07 Å². The molecule has 2 N–H and O–H groups in total. The normalized spacial score (nSPS) is 11.2.